The van der Waals surface area contributed by atoms with Crippen LogP contribution in [0.5, 0.6) is 0 Å². The van der Waals surface area contributed by atoms with E-state index in [0.29, 0.717) is 41.7 Å². The zero-order valence-electron chi connectivity index (χ0n) is 14.8. The van der Waals surface area contributed by atoms with Crippen molar-refractivity contribution in [3.8, 4) is 0 Å². The molecule has 2 heterocycles. The fraction of sp³-hybridized carbons (Fsp3) is 0.143. The minimum atomic E-state index is -0.676. The van der Waals surface area contributed by atoms with Crippen molar-refractivity contribution in [2.24, 2.45) is 5.73 Å². The number of benzene rings is 2. The number of nitrogens with two attached hydrogens (primary N) is 1. The van der Waals surface area contributed by atoms with E-state index in [9.17, 15) is 13.6 Å². The van der Waals surface area contributed by atoms with Gasteiger partial charge in [-0.15, -0.1) is 0 Å². The number of fused-ring (bicyclic) bond motifs is 1. The lowest BCUT2D eigenvalue weighted by molar-refractivity contribution is 0.0991. The first-order valence-electron chi connectivity index (χ1n) is 8.78. The monoisotopic (exact) mass is 381 g/mol. The molecule has 142 valence electrons. The van der Waals surface area contributed by atoms with Crippen molar-refractivity contribution in [1.29, 1.82) is 0 Å². The third-order valence-corrected chi connectivity index (χ3v) is 4.73. The van der Waals surface area contributed by atoms with Crippen LogP contribution in [0.4, 0.5) is 8.78 Å². The summed E-state index contributed by atoms with van der Waals surface area (Å²) in [6, 6.07) is 10.7. The molecular weight excluding hydrogens is 364 g/mol. The molecule has 0 spiro atoms. The van der Waals surface area contributed by atoms with Crippen LogP contribution in [0.1, 0.15) is 32.9 Å². The Kier molecular flexibility index (Phi) is 4.65. The first-order valence-corrected chi connectivity index (χ1v) is 8.78. The Morgan fingerprint density at radius 2 is 1.93 bits per heavy atom. The fourth-order valence-corrected chi connectivity index (χ4v) is 3.39. The molecule has 7 heteroatoms. The number of hydrogen-bond donors (Lipinski definition) is 2. The van der Waals surface area contributed by atoms with E-state index in [1.165, 1.54) is 24.3 Å². The summed E-state index contributed by atoms with van der Waals surface area (Å²) in [5.74, 6) is -0.858. The van der Waals surface area contributed by atoms with Gasteiger partial charge in [-0.3, -0.25) is 4.79 Å². The molecule has 0 saturated heterocycles. The highest BCUT2D eigenvalue weighted by Crippen LogP contribution is 2.24. The third-order valence-electron chi connectivity index (χ3n) is 4.73. The Bertz CT molecular complexity index is 1160. The summed E-state index contributed by atoms with van der Waals surface area (Å²) in [4.78, 5) is 14.8. The molecule has 0 bridgehead atoms. The van der Waals surface area contributed by atoms with Crippen molar-refractivity contribution >= 4 is 16.8 Å². The molecule has 2 aromatic carbocycles. The van der Waals surface area contributed by atoms with Gasteiger partial charge in [0.05, 0.1) is 0 Å². The highest BCUT2D eigenvalue weighted by atomic mass is 19.1. The van der Waals surface area contributed by atoms with Crippen LogP contribution < -0.4 is 5.73 Å². The average Bonchev–Trinajstić information content (AvgIpc) is 3.23. The molecule has 0 radical (unpaired) electrons. The van der Waals surface area contributed by atoms with Crippen LogP contribution in [0.15, 0.2) is 53.2 Å². The maximum Gasteiger partial charge on any atom is 0.271 e. The third kappa shape index (κ3) is 3.51. The van der Waals surface area contributed by atoms with E-state index < -0.39 is 5.91 Å². The molecule has 5 nitrogen and oxygen atoms in total. The highest BCUT2D eigenvalue weighted by molar-refractivity contribution is 5.92. The summed E-state index contributed by atoms with van der Waals surface area (Å²) in [6.07, 6.45) is 3.14. The molecule has 0 fully saturated rings. The predicted octanol–water partition coefficient (Wildman–Crippen LogP) is 3.91. The second kappa shape index (κ2) is 7.26. The van der Waals surface area contributed by atoms with Gasteiger partial charge in [-0.05, 0) is 54.3 Å². The molecular formula is C21H17F2N3O2. The second-order valence-corrected chi connectivity index (χ2v) is 6.61. The van der Waals surface area contributed by atoms with Crippen LogP contribution >= 0.6 is 0 Å². The van der Waals surface area contributed by atoms with E-state index in [1.54, 1.807) is 18.2 Å². The lowest BCUT2D eigenvalue weighted by Crippen LogP contribution is -2.14. The van der Waals surface area contributed by atoms with Gasteiger partial charge in [-0.1, -0.05) is 17.3 Å². The topological polar surface area (TPSA) is 84.9 Å². The smallest absolute Gasteiger partial charge is 0.271 e. The molecule has 3 N–H and O–H groups in total. The van der Waals surface area contributed by atoms with Crippen LogP contribution in [-0.2, 0) is 19.3 Å². The summed E-state index contributed by atoms with van der Waals surface area (Å²) >= 11 is 0. The van der Waals surface area contributed by atoms with Crippen LogP contribution in [0.25, 0.3) is 10.9 Å². The SMILES string of the molecule is NC(=O)c1noc(Cc2cccc(F)c2)c1CCc1c[nH]c2cc(F)ccc12. The predicted molar refractivity (Wildman–Crippen MR) is 99.9 cm³/mol. The molecule has 0 aliphatic rings. The number of amides is 1. The van der Waals surface area contributed by atoms with Gasteiger partial charge in [0.15, 0.2) is 5.69 Å². The molecule has 1 amide bonds. The zero-order chi connectivity index (χ0) is 19.7. The Morgan fingerprint density at radius 1 is 1.11 bits per heavy atom. The standard InChI is InChI=1S/C21H17F2N3O2/c22-14-3-1-2-12(8-14)9-19-17(20(21(24)27)26-28-19)6-4-13-11-25-18-10-15(23)5-7-16(13)18/h1-3,5,7-8,10-11,25H,4,6,9H2,(H2,24,27). The normalized spacial score (nSPS) is 11.2. The van der Waals surface area contributed by atoms with Gasteiger partial charge in [-0.2, -0.15) is 0 Å². The molecule has 4 rings (SSSR count). The number of aromatic nitrogens is 2. The van der Waals surface area contributed by atoms with E-state index in [0.717, 1.165) is 10.9 Å². The van der Waals surface area contributed by atoms with E-state index in [-0.39, 0.29) is 17.3 Å². The lowest BCUT2D eigenvalue weighted by atomic mass is 9.99. The van der Waals surface area contributed by atoms with Crippen molar-refractivity contribution in [3.63, 3.8) is 0 Å². The van der Waals surface area contributed by atoms with Gasteiger partial charge < -0.3 is 15.2 Å². The second-order valence-electron chi connectivity index (χ2n) is 6.61. The van der Waals surface area contributed by atoms with Gasteiger partial charge >= 0.3 is 0 Å². The number of carbonyl (C=O) groups is 1. The first kappa shape index (κ1) is 17.9. The van der Waals surface area contributed by atoms with E-state index in [4.69, 9.17) is 10.3 Å². The summed E-state index contributed by atoms with van der Waals surface area (Å²) < 4.78 is 32.2. The van der Waals surface area contributed by atoms with Crippen molar-refractivity contribution in [1.82, 2.24) is 10.1 Å². The zero-order valence-corrected chi connectivity index (χ0v) is 14.8. The van der Waals surface area contributed by atoms with Crippen molar-refractivity contribution in [2.45, 2.75) is 19.3 Å². The molecule has 28 heavy (non-hydrogen) atoms. The number of primary amides is 1. The van der Waals surface area contributed by atoms with Gasteiger partial charge in [-0.25, -0.2) is 8.78 Å². The quantitative estimate of drug-likeness (QED) is 0.531. The number of nitrogens with one attached hydrogen (secondary N) is 1. The lowest BCUT2D eigenvalue weighted by Gasteiger charge is -2.04. The number of H-pyrrole nitrogens is 1. The van der Waals surface area contributed by atoms with Crippen LogP contribution in [0.2, 0.25) is 0 Å². The fourth-order valence-electron chi connectivity index (χ4n) is 3.39. The largest absolute Gasteiger partial charge is 0.364 e. The van der Waals surface area contributed by atoms with E-state index in [2.05, 4.69) is 10.1 Å². The maximum atomic E-state index is 13.5. The molecule has 0 atom stereocenters. The number of halogens is 2. The number of aryl methyl sites for hydroxylation is 1. The molecule has 4 aromatic rings. The Labute approximate surface area is 159 Å². The number of hydrogen-bond acceptors (Lipinski definition) is 3. The molecule has 0 saturated carbocycles. The summed E-state index contributed by atoms with van der Waals surface area (Å²) in [5.41, 5.74) is 8.50. The van der Waals surface area contributed by atoms with Gasteiger partial charge in [0.2, 0.25) is 0 Å². The maximum absolute atomic E-state index is 13.5. The minimum absolute atomic E-state index is 0.0808. The van der Waals surface area contributed by atoms with Crippen LogP contribution in [0, 0.1) is 11.6 Å². The van der Waals surface area contributed by atoms with Crippen LogP contribution in [0.3, 0.4) is 0 Å². The number of rotatable bonds is 6. The average molecular weight is 381 g/mol. The molecule has 0 unspecified atom stereocenters. The van der Waals surface area contributed by atoms with Crippen LogP contribution in [-0.4, -0.2) is 16.0 Å². The van der Waals surface area contributed by atoms with Crippen molar-refractivity contribution < 1.29 is 18.1 Å². The van der Waals surface area contributed by atoms with Gasteiger partial charge in [0.1, 0.15) is 17.4 Å². The van der Waals surface area contributed by atoms with Crippen molar-refractivity contribution in [3.05, 3.63) is 88.4 Å². The Balaban J connectivity index is 1.62. The summed E-state index contributed by atoms with van der Waals surface area (Å²) in [5, 5.41) is 4.71. The van der Waals surface area contributed by atoms with Gasteiger partial charge in [0.25, 0.3) is 5.91 Å². The molecule has 0 aliphatic heterocycles. The first-order chi connectivity index (χ1) is 13.5. The Hall–Kier alpha value is -3.48. The summed E-state index contributed by atoms with van der Waals surface area (Å²) in [7, 11) is 0. The number of aromatic amines is 1. The van der Waals surface area contributed by atoms with E-state index >= 15 is 0 Å². The van der Waals surface area contributed by atoms with E-state index in [1.807, 2.05) is 6.20 Å². The number of carbonyl (C=O) groups excluding carboxylic acids is 1. The number of nitrogens with zero attached hydrogens (tertiary/aromatic N) is 1. The molecule has 2 aromatic heterocycles. The van der Waals surface area contributed by atoms with Crippen molar-refractivity contribution in [2.75, 3.05) is 0 Å². The Morgan fingerprint density at radius 3 is 2.71 bits per heavy atom. The van der Waals surface area contributed by atoms with Gasteiger partial charge in [0, 0.05) is 29.1 Å². The summed E-state index contributed by atoms with van der Waals surface area (Å²) in [6.45, 7) is 0. The molecule has 0 aliphatic carbocycles. The highest BCUT2D eigenvalue weighted by Gasteiger charge is 2.20. The minimum Gasteiger partial charge on any atom is -0.364 e.